The maximum absolute atomic E-state index is 12.3. The number of nitrogens with one attached hydrogen (secondary N) is 1. The van der Waals surface area contributed by atoms with E-state index in [1.807, 2.05) is 13.8 Å². The number of carbonyl (C=O) groups excluding carboxylic acids is 1. The molecular formula is C11H18N4O3S. The Morgan fingerprint density at radius 1 is 1.37 bits per heavy atom. The maximum atomic E-state index is 12.3. The number of aryl methyl sites for hydroxylation is 1. The van der Waals surface area contributed by atoms with Gasteiger partial charge >= 0.3 is 0 Å². The Bertz CT molecular complexity index is 566. The molecule has 1 aliphatic rings. The Kier molecular flexibility index (Phi) is 3.91. The zero-order valence-corrected chi connectivity index (χ0v) is 11.9. The van der Waals surface area contributed by atoms with Crippen molar-refractivity contribution < 1.29 is 13.2 Å². The number of hydrogen-bond acceptors (Lipinski definition) is 4. The average Bonchev–Trinajstić information content (AvgIpc) is 2.88. The molecule has 0 spiro atoms. The molecule has 0 unspecified atom stereocenters. The lowest BCUT2D eigenvalue weighted by molar-refractivity contribution is -0.133. The Hall–Kier alpha value is -1.41. The Balaban J connectivity index is 2.19. The molecule has 8 heteroatoms. The summed E-state index contributed by atoms with van der Waals surface area (Å²) in [5, 5.41) is 0.0575. The predicted octanol–water partition coefficient (Wildman–Crippen LogP) is -0.175. The van der Waals surface area contributed by atoms with E-state index in [0.29, 0.717) is 31.9 Å². The van der Waals surface area contributed by atoms with Crippen molar-refractivity contribution in [3.63, 3.8) is 0 Å². The van der Waals surface area contributed by atoms with Crippen LogP contribution in [0.1, 0.15) is 19.7 Å². The topological polar surface area (TPSA) is 86.4 Å². The second kappa shape index (κ2) is 5.30. The van der Waals surface area contributed by atoms with Gasteiger partial charge in [-0.05, 0) is 6.92 Å². The highest BCUT2D eigenvalue weighted by atomic mass is 32.2. The van der Waals surface area contributed by atoms with Crippen LogP contribution in [0, 0.1) is 0 Å². The number of piperazine rings is 1. The van der Waals surface area contributed by atoms with E-state index in [9.17, 15) is 13.2 Å². The smallest absolute Gasteiger partial charge is 0.260 e. The molecule has 0 radical (unpaired) electrons. The zero-order valence-electron chi connectivity index (χ0n) is 11.1. The minimum Gasteiger partial charge on any atom is -0.341 e. The number of aromatic amines is 1. The number of carbonyl (C=O) groups is 1. The lowest BCUT2D eigenvalue weighted by Gasteiger charge is -2.32. The van der Waals surface area contributed by atoms with Gasteiger partial charge in [0.05, 0.1) is 12.7 Å². The summed E-state index contributed by atoms with van der Waals surface area (Å²) < 4.78 is 25.9. The van der Waals surface area contributed by atoms with Crippen LogP contribution in [0.2, 0.25) is 0 Å². The molecule has 1 aromatic rings. The van der Waals surface area contributed by atoms with Crippen LogP contribution in [0.4, 0.5) is 0 Å². The summed E-state index contributed by atoms with van der Waals surface area (Å²) in [5.41, 5.74) is 0. The summed E-state index contributed by atoms with van der Waals surface area (Å²) in [4.78, 5) is 20.2. The maximum Gasteiger partial charge on any atom is 0.260 e. The summed E-state index contributed by atoms with van der Waals surface area (Å²) in [7, 11) is -3.65. The number of sulfonamides is 1. The molecule has 0 bridgehead atoms. The number of rotatable bonds is 4. The van der Waals surface area contributed by atoms with E-state index in [2.05, 4.69) is 9.97 Å². The van der Waals surface area contributed by atoms with E-state index in [0.717, 1.165) is 0 Å². The van der Waals surface area contributed by atoms with Crippen molar-refractivity contribution in [1.82, 2.24) is 19.2 Å². The van der Waals surface area contributed by atoms with Crippen molar-refractivity contribution in [1.29, 1.82) is 0 Å². The highest BCUT2D eigenvalue weighted by molar-refractivity contribution is 7.89. The molecule has 1 amide bonds. The van der Waals surface area contributed by atoms with Crippen LogP contribution in [-0.2, 0) is 21.2 Å². The van der Waals surface area contributed by atoms with Gasteiger partial charge in [0, 0.05) is 26.1 Å². The van der Waals surface area contributed by atoms with Gasteiger partial charge < -0.3 is 9.88 Å². The molecule has 2 heterocycles. The quantitative estimate of drug-likeness (QED) is 0.832. The minimum atomic E-state index is -3.65. The third-order valence-electron chi connectivity index (χ3n) is 3.22. The van der Waals surface area contributed by atoms with Gasteiger partial charge in [0.25, 0.3) is 10.0 Å². The molecule has 0 aromatic carbocycles. The highest BCUT2D eigenvalue weighted by Crippen LogP contribution is 2.16. The van der Waals surface area contributed by atoms with Gasteiger partial charge in [-0.15, -0.1) is 0 Å². The monoisotopic (exact) mass is 286 g/mol. The van der Waals surface area contributed by atoms with E-state index >= 15 is 0 Å². The van der Waals surface area contributed by atoms with Crippen LogP contribution in [0.3, 0.4) is 0 Å². The summed E-state index contributed by atoms with van der Waals surface area (Å²) >= 11 is 0. The van der Waals surface area contributed by atoms with Crippen molar-refractivity contribution >= 4 is 15.9 Å². The van der Waals surface area contributed by atoms with Gasteiger partial charge in [0.2, 0.25) is 5.91 Å². The molecule has 7 nitrogen and oxygen atoms in total. The van der Waals surface area contributed by atoms with Crippen LogP contribution in [0.25, 0.3) is 0 Å². The predicted molar refractivity (Wildman–Crippen MR) is 69.0 cm³/mol. The second-order valence-corrected chi connectivity index (χ2v) is 6.27. The van der Waals surface area contributed by atoms with Crippen LogP contribution >= 0.6 is 0 Å². The number of nitrogens with zero attached hydrogens (tertiary/aromatic N) is 3. The molecule has 0 aliphatic carbocycles. The van der Waals surface area contributed by atoms with Crippen LogP contribution in [0.5, 0.6) is 0 Å². The van der Waals surface area contributed by atoms with E-state index < -0.39 is 10.0 Å². The number of H-pyrrole nitrogens is 1. The van der Waals surface area contributed by atoms with E-state index in [4.69, 9.17) is 0 Å². The molecule has 1 aliphatic heterocycles. The fourth-order valence-electron chi connectivity index (χ4n) is 2.02. The lowest BCUT2D eigenvalue weighted by Crippen LogP contribution is -2.51. The van der Waals surface area contributed by atoms with Crippen molar-refractivity contribution in [2.45, 2.75) is 25.3 Å². The lowest BCUT2D eigenvalue weighted by atomic mass is 10.3. The third kappa shape index (κ3) is 2.64. The van der Waals surface area contributed by atoms with Gasteiger partial charge in [-0.2, -0.15) is 4.31 Å². The standard InChI is InChI=1S/C11H18N4O3S/c1-3-9-12-7-10(13-9)19(17,18)15-6-5-14(4-2)11(16)8-15/h7H,3-6,8H2,1-2H3,(H,12,13). The molecule has 0 saturated carbocycles. The number of hydrogen-bond donors (Lipinski definition) is 1. The molecular weight excluding hydrogens is 268 g/mol. The zero-order chi connectivity index (χ0) is 14.0. The van der Waals surface area contributed by atoms with E-state index in [1.165, 1.54) is 10.5 Å². The fourth-order valence-corrected chi connectivity index (χ4v) is 3.33. The largest absolute Gasteiger partial charge is 0.341 e. The fraction of sp³-hybridized carbons (Fsp3) is 0.636. The molecule has 1 aromatic heterocycles. The summed E-state index contributed by atoms with van der Waals surface area (Å²) in [6.45, 7) is 5.03. The first-order valence-corrected chi connectivity index (χ1v) is 7.74. The molecule has 0 atom stereocenters. The van der Waals surface area contributed by atoms with Crippen LogP contribution in [-0.4, -0.2) is 59.7 Å². The molecule has 106 valence electrons. The van der Waals surface area contributed by atoms with Gasteiger partial charge in [0.15, 0.2) is 5.03 Å². The normalized spacial score (nSPS) is 18.0. The number of imidazole rings is 1. The van der Waals surface area contributed by atoms with Crippen molar-refractivity contribution in [2.75, 3.05) is 26.2 Å². The van der Waals surface area contributed by atoms with Crippen molar-refractivity contribution in [2.24, 2.45) is 0 Å². The van der Waals surface area contributed by atoms with Crippen LogP contribution in [0.15, 0.2) is 11.2 Å². The molecule has 1 N–H and O–H groups in total. The Morgan fingerprint density at radius 3 is 2.63 bits per heavy atom. The molecule has 2 rings (SSSR count). The summed E-state index contributed by atoms with van der Waals surface area (Å²) in [5.74, 6) is 0.463. The SMILES string of the molecule is CCc1ncc(S(=O)(=O)N2CCN(CC)C(=O)C2)[nH]1. The minimum absolute atomic E-state index is 0.0575. The van der Waals surface area contributed by atoms with Gasteiger partial charge in [-0.3, -0.25) is 4.79 Å². The Labute approximate surface area is 112 Å². The first-order chi connectivity index (χ1) is 8.98. The Morgan fingerprint density at radius 2 is 2.11 bits per heavy atom. The second-order valence-electron chi connectivity index (χ2n) is 4.36. The molecule has 1 fully saturated rings. The highest BCUT2D eigenvalue weighted by Gasteiger charge is 2.33. The first-order valence-electron chi connectivity index (χ1n) is 6.30. The van der Waals surface area contributed by atoms with E-state index in [1.54, 1.807) is 4.90 Å². The number of likely N-dealkylation sites (N-methyl/N-ethyl adjacent to an activating group) is 1. The van der Waals surface area contributed by atoms with Crippen molar-refractivity contribution in [3.8, 4) is 0 Å². The molecule has 19 heavy (non-hydrogen) atoms. The number of aromatic nitrogens is 2. The van der Waals surface area contributed by atoms with Crippen LogP contribution < -0.4 is 0 Å². The summed E-state index contributed by atoms with van der Waals surface area (Å²) in [6, 6.07) is 0. The average molecular weight is 286 g/mol. The van der Waals surface area contributed by atoms with E-state index in [-0.39, 0.29) is 17.5 Å². The van der Waals surface area contributed by atoms with Gasteiger partial charge in [0.1, 0.15) is 5.82 Å². The van der Waals surface area contributed by atoms with Crippen molar-refractivity contribution in [3.05, 3.63) is 12.0 Å². The summed E-state index contributed by atoms with van der Waals surface area (Å²) in [6.07, 6.45) is 1.95. The van der Waals surface area contributed by atoms with Gasteiger partial charge in [-0.25, -0.2) is 13.4 Å². The third-order valence-corrected chi connectivity index (χ3v) is 4.98. The number of amides is 1. The molecule has 1 saturated heterocycles. The van der Waals surface area contributed by atoms with Gasteiger partial charge in [-0.1, -0.05) is 6.92 Å². The first kappa shape index (κ1) is 14.0.